The summed E-state index contributed by atoms with van der Waals surface area (Å²) < 4.78 is 5.12. The van der Waals surface area contributed by atoms with Gasteiger partial charge in [-0.25, -0.2) is 0 Å². The summed E-state index contributed by atoms with van der Waals surface area (Å²) >= 11 is 0. The minimum absolute atomic E-state index is 0.439. The van der Waals surface area contributed by atoms with Crippen molar-refractivity contribution < 1.29 is 4.74 Å². The molecule has 0 amide bonds. The fourth-order valence-electron chi connectivity index (χ4n) is 2.03. The van der Waals surface area contributed by atoms with Gasteiger partial charge in [-0.3, -0.25) is 0 Å². The molecule has 1 rings (SSSR count). The minimum Gasteiger partial charge on any atom is -0.383 e. The molecule has 1 N–H and O–H groups in total. The molecule has 0 unspecified atom stereocenters. The normalized spacial score (nSPS) is 10.6. The van der Waals surface area contributed by atoms with E-state index in [2.05, 4.69) is 43.1 Å². The number of methoxy groups -OCH3 is 1. The third-order valence-electron chi connectivity index (χ3n) is 3.18. The number of ether oxygens (including phenoxy) is 1. The zero-order valence-corrected chi connectivity index (χ0v) is 12.9. The summed E-state index contributed by atoms with van der Waals surface area (Å²) in [6.45, 7) is 9.43. The van der Waals surface area contributed by atoms with Gasteiger partial charge >= 0.3 is 0 Å². The lowest BCUT2D eigenvalue weighted by Crippen LogP contribution is -2.27. The molecule has 0 radical (unpaired) electrons. The smallest absolute Gasteiger partial charge is 0.101 e. The molecule has 0 aliphatic rings. The first-order valence-corrected chi connectivity index (χ1v) is 7.12. The molecule has 4 heteroatoms. The van der Waals surface area contributed by atoms with E-state index in [-0.39, 0.29) is 0 Å². The molecule has 0 saturated carbocycles. The van der Waals surface area contributed by atoms with E-state index in [0.717, 1.165) is 36.4 Å². The van der Waals surface area contributed by atoms with Crippen LogP contribution in [0.5, 0.6) is 0 Å². The zero-order chi connectivity index (χ0) is 15.0. The first-order chi connectivity index (χ1) is 9.62. The van der Waals surface area contributed by atoms with E-state index in [9.17, 15) is 5.26 Å². The van der Waals surface area contributed by atoms with Crippen molar-refractivity contribution in [3.63, 3.8) is 0 Å². The van der Waals surface area contributed by atoms with Gasteiger partial charge in [0.2, 0.25) is 0 Å². The van der Waals surface area contributed by atoms with Crippen molar-refractivity contribution in [1.82, 2.24) is 5.32 Å². The van der Waals surface area contributed by atoms with E-state index in [0.29, 0.717) is 12.6 Å². The van der Waals surface area contributed by atoms with Gasteiger partial charge in [-0.1, -0.05) is 19.9 Å². The lowest BCUT2D eigenvalue weighted by Gasteiger charge is -2.24. The molecular formula is C16H25N3O. The maximum absolute atomic E-state index is 9.36. The average Bonchev–Trinajstić information content (AvgIpc) is 2.46. The molecule has 0 saturated heterocycles. The van der Waals surface area contributed by atoms with Crippen LogP contribution in [0.1, 0.15) is 31.9 Å². The summed E-state index contributed by atoms with van der Waals surface area (Å²) in [5.74, 6) is 0. The van der Waals surface area contributed by atoms with Gasteiger partial charge in [0, 0.05) is 32.8 Å². The maximum Gasteiger partial charge on any atom is 0.101 e. The van der Waals surface area contributed by atoms with Crippen molar-refractivity contribution in [3.8, 4) is 6.07 Å². The van der Waals surface area contributed by atoms with Crippen LogP contribution in [0.3, 0.4) is 0 Å². The predicted molar refractivity (Wildman–Crippen MR) is 82.9 cm³/mol. The van der Waals surface area contributed by atoms with Gasteiger partial charge < -0.3 is 15.0 Å². The molecule has 0 atom stereocenters. The maximum atomic E-state index is 9.36. The predicted octanol–water partition coefficient (Wildman–Crippen LogP) is 2.53. The molecule has 0 fully saturated rings. The van der Waals surface area contributed by atoms with Gasteiger partial charge in [0.05, 0.1) is 17.9 Å². The van der Waals surface area contributed by atoms with Gasteiger partial charge in [-0.15, -0.1) is 0 Å². The van der Waals surface area contributed by atoms with Gasteiger partial charge in [-0.2, -0.15) is 5.26 Å². The molecule has 110 valence electrons. The second-order valence-electron chi connectivity index (χ2n) is 5.07. The summed E-state index contributed by atoms with van der Waals surface area (Å²) in [5, 5.41) is 12.7. The SMILES string of the molecule is CCN(CCOC)c1ccc(CNC(C)C)cc1C#N. The number of nitriles is 1. The van der Waals surface area contributed by atoms with Crippen LogP contribution in [0.25, 0.3) is 0 Å². The molecule has 1 aromatic rings. The van der Waals surface area contributed by atoms with Crippen molar-refractivity contribution in [1.29, 1.82) is 5.26 Å². The van der Waals surface area contributed by atoms with Crippen LogP contribution in [0.15, 0.2) is 18.2 Å². The van der Waals surface area contributed by atoms with E-state index in [4.69, 9.17) is 4.74 Å². The largest absolute Gasteiger partial charge is 0.383 e. The Morgan fingerprint density at radius 2 is 2.15 bits per heavy atom. The number of anilines is 1. The second kappa shape index (κ2) is 8.57. The number of hydrogen-bond acceptors (Lipinski definition) is 4. The molecule has 1 aromatic carbocycles. The number of hydrogen-bond donors (Lipinski definition) is 1. The number of likely N-dealkylation sites (N-methyl/N-ethyl adjacent to an activating group) is 1. The molecule has 0 bridgehead atoms. The average molecular weight is 275 g/mol. The Morgan fingerprint density at radius 1 is 1.40 bits per heavy atom. The Bertz CT molecular complexity index is 452. The van der Waals surface area contributed by atoms with Crippen LogP contribution in [-0.4, -0.2) is 32.8 Å². The van der Waals surface area contributed by atoms with Gasteiger partial charge in [0.1, 0.15) is 6.07 Å². The van der Waals surface area contributed by atoms with Crippen LogP contribution in [0.4, 0.5) is 5.69 Å². The van der Waals surface area contributed by atoms with Crippen LogP contribution < -0.4 is 10.2 Å². The third-order valence-corrected chi connectivity index (χ3v) is 3.18. The highest BCUT2D eigenvalue weighted by molar-refractivity contribution is 5.60. The fraction of sp³-hybridized carbons (Fsp3) is 0.562. The Balaban J connectivity index is 2.89. The van der Waals surface area contributed by atoms with Gasteiger partial charge in [0.15, 0.2) is 0 Å². The van der Waals surface area contributed by atoms with Crippen LogP contribution in [0.2, 0.25) is 0 Å². The standard InChI is InChI=1S/C16H25N3O/c1-5-19(8-9-20-4)16-7-6-14(10-15(16)11-17)12-18-13(2)3/h6-7,10,13,18H,5,8-9,12H2,1-4H3. The zero-order valence-electron chi connectivity index (χ0n) is 12.9. The lowest BCUT2D eigenvalue weighted by molar-refractivity contribution is 0.205. The molecular weight excluding hydrogens is 250 g/mol. The molecule has 4 nitrogen and oxygen atoms in total. The van der Waals surface area contributed by atoms with Crippen LogP contribution in [-0.2, 0) is 11.3 Å². The monoisotopic (exact) mass is 275 g/mol. The number of benzene rings is 1. The summed E-state index contributed by atoms with van der Waals surface area (Å²) in [6.07, 6.45) is 0. The minimum atomic E-state index is 0.439. The van der Waals surface area contributed by atoms with Crippen LogP contribution >= 0.6 is 0 Å². The summed E-state index contributed by atoms with van der Waals surface area (Å²) in [5.41, 5.74) is 2.85. The fourth-order valence-corrected chi connectivity index (χ4v) is 2.03. The first kappa shape index (κ1) is 16.5. The summed E-state index contributed by atoms with van der Waals surface area (Å²) in [7, 11) is 1.69. The number of rotatable bonds is 8. The Hall–Kier alpha value is -1.57. The van der Waals surface area contributed by atoms with E-state index in [1.807, 2.05) is 12.1 Å². The van der Waals surface area contributed by atoms with E-state index in [1.165, 1.54) is 0 Å². The molecule has 0 aromatic heterocycles. The van der Waals surface area contributed by atoms with Crippen molar-refractivity contribution in [2.75, 3.05) is 31.7 Å². The quantitative estimate of drug-likeness (QED) is 0.792. The van der Waals surface area contributed by atoms with E-state index in [1.54, 1.807) is 7.11 Å². The van der Waals surface area contributed by atoms with Crippen molar-refractivity contribution in [3.05, 3.63) is 29.3 Å². The molecule has 0 aliphatic carbocycles. The van der Waals surface area contributed by atoms with E-state index < -0.39 is 0 Å². The molecule has 0 spiro atoms. The molecule has 20 heavy (non-hydrogen) atoms. The highest BCUT2D eigenvalue weighted by Crippen LogP contribution is 2.21. The lowest BCUT2D eigenvalue weighted by atomic mass is 10.1. The number of nitrogens with one attached hydrogen (secondary N) is 1. The first-order valence-electron chi connectivity index (χ1n) is 7.12. The third kappa shape index (κ3) is 4.84. The van der Waals surface area contributed by atoms with Gasteiger partial charge in [-0.05, 0) is 24.6 Å². The highest BCUT2D eigenvalue weighted by atomic mass is 16.5. The second-order valence-corrected chi connectivity index (χ2v) is 5.07. The summed E-state index contributed by atoms with van der Waals surface area (Å²) in [4.78, 5) is 2.17. The Labute approximate surface area is 122 Å². The Morgan fingerprint density at radius 3 is 2.70 bits per heavy atom. The highest BCUT2D eigenvalue weighted by Gasteiger charge is 2.10. The van der Waals surface area contributed by atoms with Gasteiger partial charge in [0.25, 0.3) is 0 Å². The Kier molecular flexibility index (Phi) is 7.06. The van der Waals surface area contributed by atoms with E-state index >= 15 is 0 Å². The molecule has 0 heterocycles. The summed E-state index contributed by atoms with van der Waals surface area (Å²) in [6, 6.07) is 8.84. The topological polar surface area (TPSA) is 48.3 Å². The molecule has 0 aliphatic heterocycles. The number of nitrogens with zero attached hydrogens (tertiary/aromatic N) is 2. The van der Waals surface area contributed by atoms with Crippen molar-refractivity contribution in [2.45, 2.75) is 33.4 Å². The van der Waals surface area contributed by atoms with Crippen LogP contribution in [0, 0.1) is 11.3 Å². The van der Waals surface area contributed by atoms with Crippen molar-refractivity contribution in [2.24, 2.45) is 0 Å². The van der Waals surface area contributed by atoms with Crippen molar-refractivity contribution >= 4 is 5.69 Å².